The Bertz CT molecular complexity index is 6810. The number of aryl methyl sites for hydroxylation is 9. The molecule has 762 valence electrons. The molecule has 29 heteroatoms. The summed E-state index contributed by atoms with van der Waals surface area (Å²) in [5, 5.41) is 9.69. The molecule has 0 aromatic heterocycles. The zero-order chi connectivity index (χ0) is 108. The van der Waals surface area contributed by atoms with Crippen molar-refractivity contribution in [3.05, 3.63) is 519 Å². The van der Waals surface area contributed by atoms with Crippen LogP contribution in [0.2, 0.25) is 0 Å². The van der Waals surface area contributed by atoms with Gasteiger partial charge in [-0.15, -0.1) is 0 Å². The van der Waals surface area contributed by atoms with Crippen molar-refractivity contribution in [3.8, 4) is 17.2 Å². The second-order valence-corrected chi connectivity index (χ2v) is 49.7. The molecule has 18 aromatic carbocycles. The molecule has 0 heterocycles. The van der Waals surface area contributed by atoms with Gasteiger partial charge in [0, 0.05) is 29.9 Å². The molecule has 0 amide bonds. The summed E-state index contributed by atoms with van der Waals surface area (Å²) in [5.41, 5.74) is 12.6. The van der Waals surface area contributed by atoms with Crippen LogP contribution in [0.3, 0.4) is 0 Å². The standard InChI is InChI=1S/C27H33P.C21H21O3P.C18F15P.C18H12F3P.C18H15OP.C18H15PS/c1-16-10-19(4)25(20(5)11-16)28(26-21(6)12-17(2)13-22(26)7)27-23(8)14-18(3)15-24(27)9;1-22-16-4-10-19(11-5-16)25(20-12-6-17(23-2)7-13-20)21-14-8-18(24-3)9-15-21;19-1-4(22)10(28)16(11(29)5(1)23)34(17-12(30)6(24)2(20)7(25)13(17)31)18-14(32)8(26)3(21)9(27)15(18)33;19-13-1-7-16(8-2-13)22(17-9-3-14(20)4-10-17)18-11-5-15(21)6-12-18;19-20(16-10-4-1-5-11-16,17-12-6-2-7-13-17)18-14-8-3-9-15-18;20-19(16-10-4-1-5-11-16,17-12-6-2-7-13-17)18-14-8-3-9-15-18/h10-15H,1-9H3;4-15H,1-3H3;;1-12H;2*1-15H. The predicted octanol–water partition coefficient (Wildman–Crippen LogP) is 25.9. The zero-order valence-electron chi connectivity index (χ0n) is 82.2. The molecule has 0 saturated heterocycles. The van der Waals surface area contributed by atoms with Gasteiger partial charge in [0.15, 0.2) is 76.9 Å². The van der Waals surface area contributed by atoms with E-state index in [1.807, 2.05) is 146 Å². The third kappa shape index (κ3) is 25.5. The Morgan fingerprint density at radius 3 is 0.523 bits per heavy atom. The molecule has 0 N–H and O–H groups in total. The molecule has 0 aliphatic carbocycles. The van der Waals surface area contributed by atoms with E-state index in [9.17, 15) is 83.6 Å². The number of benzene rings is 18. The third-order valence-corrected chi connectivity index (χ3v) is 42.7. The second-order valence-electron chi connectivity index (χ2n) is 34.1. The van der Waals surface area contributed by atoms with E-state index in [4.69, 9.17) is 26.0 Å². The summed E-state index contributed by atoms with van der Waals surface area (Å²) in [6.45, 7) is 20.4. The Labute approximate surface area is 864 Å². The molecular weight excluding hydrogens is 2070 g/mol. The minimum Gasteiger partial charge on any atom is -0.497 e. The number of ether oxygens (including phenoxy) is 3. The first-order chi connectivity index (χ1) is 71.3. The first kappa shape index (κ1) is 113. The van der Waals surface area contributed by atoms with E-state index < -0.39 is 148 Å². The number of rotatable bonds is 21. The van der Waals surface area contributed by atoms with Gasteiger partial charge >= 0.3 is 0 Å². The Morgan fingerprint density at radius 2 is 0.349 bits per heavy atom. The lowest BCUT2D eigenvalue weighted by atomic mass is 10.1. The van der Waals surface area contributed by atoms with E-state index in [1.165, 1.54) is 134 Å². The lowest BCUT2D eigenvalue weighted by Gasteiger charge is -2.30. The molecule has 0 saturated carbocycles. The topological polar surface area (TPSA) is 44.8 Å². The zero-order valence-corrected chi connectivity index (χ0v) is 88.4. The lowest BCUT2D eigenvalue weighted by Crippen LogP contribution is -2.36. The van der Waals surface area contributed by atoms with Gasteiger partial charge in [0.05, 0.1) is 37.2 Å². The van der Waals surface area contributed by atoms with Gasteiger partial charge in [-0.3, -0.25) is 0 Å². The number of halogens is 18. The van der Waals surface area contributed by atoms with Crippen molar-refractivity contribution in [2.45, 2.75) is 62.3 Å². The van der Waals surface area contributed by atoms with E-state index >= 15 is 0 Å². The maximum absolute atomic E-state index is 14.4. The smallest absolute Gasteiger partial charge is 0.200 e. The van der Waals surface area contributed by atoms with Gasteiger partial charge < -0.3 is 18.8 Å². The van der Waals surface area contributed by atoms with Gasteiger partial charge in [0.25, 0.3) is 0 Å². The molecule has 18 aromatic rings. The van der Waals surface area contributed by atoms with Gasteiger partial charge in [0.1, 0.15) is 34.7 Å². The molecular formula is C120H96F18O4P6S. The van der Waals surface area contributed by atoms with E-state index in [0.717, 1.165) is 49.1 Å². The maximum Gasteiger partial charge on any atom is 0.200 e. The molecule has 0 aliphatic heterocycles. The third-order valence-electron chi connectivity index (χ3n) is 23.8. The molecule has 0 bridgehead atoms. The highest BCUT2D eigenvalue weighted by Gasteiger charge is 2.44. The van der Waals surface area contributed by atoms with Crippen LogP contribution in [0.5, 0.6) is 17.2 Å². The first-order valence-electron chi connectivity index (χ1n) is 46.0. The Hall–Kier alpha value is -13.3. The van der Waals surface area contributed by atoms with Gasteiger partial charge in [0.2, 0.25) is 17.5 Å². The Morgan fingerprint density at radius 1 is 0.195 bits per heavy atom. The summed E-state index contributed by atoms with van der Waals surface area (Å²) < 4.78 is 278. The molecule has 0 spiro atoms. The van der Waals surface area contributed by atoms with Crippen LogP contribution in [0.4, 0.5) is 79.0 Å². The highest BCUT2D eigenvalue weighted by atomic mass is 32.4. The quantitative estimate of drug-likeness (QED) is 0.0310. The molecule has 18 rings (SSSR count). The lowest BCUT2D eigenvalue weighted by molar-refractivity contribution is 0.381. The normalized spacial score (nSPS) is 11.2. The second kappa shape index (κ2) is 50.8. The van der Waals surface area contributed by atoms with Crippen molar-refractivity contribution >= 4 is 152 Å². The van der Waals surface area contributed by atoms with Crippen molar-refractivity contribution in [1.82, 2.24) is 0 Å². The summed E-state index contributed by atoms with van der Waals surface area (Å²) in [4.78, 5) is 0. The van der Waals surface area contributed by atoms with Crippen LogP contribution in [-0.2, 0) is 16.4 Å². The largest absolute Gasteiger partial charge is 0.497 e. The fourth-order valence-electron chi connectivity index (χ4n) is 17.2. The number of methoxy groups -OCH3 is 3. The van der Waals surface area contributed by atoms with Crippen LogP contribution >= 0.6 is 44.9 Å². The summed E-state index contributed by atoms with van der Waals surface area (Å²) in [6.07, 6.45) is 0. The van der Waals surface area contributed by atoms with Crippen molar-refractivity contribution in [2.24, 2.45) is 0 Å². The Kier molecular flexibility index (Phi) is 38.5. The van der Waals surface area contributed by atoms with Crippen LogP contribution in [0, 0.1) is 167 Å². The first-order valence-corrected chi connectivity index (χ1v) is 55.9. The number of hydrogen-bond acceptors (Lipinski definition) is 5. The molecule has 4 nitrogen and oxygen atoms in total. The highest BCUT2D eigenvalue weighted by Crippen LogP contribution is 2.48. The number of hydrogen-bond donors (Lipinski definition) is 0. The summed E-state index contributed by atoms with van der Waals surface area (Å²) >= 11 is 6.21. The van der Waals surface area contributed by atoms with Gasteiger partial charge in [-0.1, -0.05) is 320 Å². The predicted molar refractivity (Wildman–Crippen MR) is 580 cm³/mol. The van der Waals surface area contributed by atoms with Crippen molar-refractivity contribution in [2.75, 3.05) is 21.3 Å². The van der Waals surface area contributed by atoms with Gasteiger partial charge in [-0.2, -0.15) is 0 Å². The minimum atomic E-state index is -4.90. The van der Waals surface area contributed by atoms with E-state index in [2.05, 4.69) is 208 Å². The molecule has 0 atom stereocenters. The van der Waals surface area contributed by atoms with E-state index in [1.54, 1.807) is 57.7 Å². The molecule has 0 aliphatic rings. The van der Waals surface area contributed by atoms with Crippen LogP contribution in [0.25, 0.3) is 0 Å². The van der Waals surface area contributed by atoms with Crippen molar-refractivity contribution in [1.29, 1.82) is 0 Å². The van der Waals surface area contributed by atoms with Crippen LogP contribution in [0.15, 0.2) is 364 Å². The fraction of sp³-hybridized carbons (Fsp3) is 0.100. The van der Waals surface area contributed by atoms with Crippen molar-refractivity contribution in [3.63, 3.8) is 0 Å². The van der Waals surface area contributed by atoms with Gasteiger partial charge in [-0.25, -0.2) is 79.0 Å². The molecule has 0 radical (unpaired) electrons. The van der Waals surface area contributed by atoms with Crippen LogP contribution < -0.4 is 110 Å². The summed E-state index contributed by atoms with van der Waals surface area (Å²) in [5.74, 6) is -43.3. The van der Waals surface area contributed by atoms with E-state index in [0.29, 0.717) is 0 Å². The monoisotopic (exact) mass is 2160 g/mol. The summed E-state index contributed by atoms with van der Waals surface area (Å²) in [7, 11) is -4.87. The van der Waals surface area contributed by atoms with Crippen LogP contribution in [-0.4, -0.2) is 21.3 Å². The average Bonchev–Trinajstić information content (AvgIpc) is 0.720. The van der Waals surface area contributed by atoms with Crippen molar-refractivity contribution < 1.29 is 97.8 Å². The minimum absolute atomic E-state index is 0.308. The summed E-state index contributed by atoms with van der Waals surface area (Å²) in [6, 6.07) is 116. The molecule has 149 heavy (non-hydrogen) atoms. The fourth-order valence-corrected chi connectivity index (χ4v) is 33.7. The molecule has 0 fully saturated rings. The van der Waals surface area contributed by atoms with E-state index in [-0.39, 0.29) is 17.5 Å². The highest BCUT2D eigenvalue weighted by molar-refractivity contribution is 8.25. The SMILES string of the molecule is COc1ccc(P(c2ccc(OC)cc2)c2ccc(OC)cc2)cc1.Cc1cc(C)c(P(c2c(C)cc(C)cc2C)c2c(C)cc(C)cc2C)c(C)c1.Fc1c(F)c(F)c(P(c2c(F)c(F)c(F)c(F)c2F)c2c(F)c(F)c(F)c(F)c2F)c(F)c1F.Fc1ccc(P(c2ccc(F)cc2)c2ccc(F)cc2)cc1.O=P(c1ccccc1)(c1ccccc1)c1ccccc1.S=P(c1ccccc1)(c1ccccc1)c1ccccc1. The Balaban J connectivity index is 0.000000151. The average molecular weight is 2160 g/mol. The molecule has 0 unspecified atom stereocenters. The van der Waals surface area contributed by atoms with Crippen LogP contribution in [0.1, 0.15) is 50.1 Å². The van der Waals surface area contributed by atoms with Gasteiger partial charge in [-0.05, 0) is 256 Å². The maximum atomic E-state index is 14.4.